The average molecular weight is 450 g/mol. The number of carbonyl (C=O) groups is 3. The van der Waals surface area contributed by atoms with Crippen LogP contribution < -0.4 is 10.6 Å². The lowest BCUT2D eigenvalue weighted by Crippen LogP contribution is -2.42. The first kappa shape index (κ1) is 19.6. The molecule has 0 spiro atoms. The van der Waals surface area contributed by atoms with Crippen molar-refractivity contribution in [2.24, 2.45) is 0 Å². The summed E-state index contributed by atoms with van der Waals surface area (Å²) >= 11 is 13.0. The molecule has 29 heavy (non-hydrogen) atoms. The molecule has 2 N–H and O–H groups in total. The van der Waals surface area contributed by atoms with Crippen LogP contribution in [0.4, 0.5) is 10.5 Å². The summed E-state index contributed by atoms with van der Waals surface area (Å²) < 4.78 is 8.25. The van der Waals surface area contributed by atoms with Gasteiger partial charge in [0.15, 0.2) is 0 Å². The predicted molar refractivity (Wildman–Crippen MR) is 110 cm³/mol. The van der Waals surface area contributed by atoms with Gasteiger partial charge in [-0.2, -0.15) is 8.75 Å². The van der Waals surface area contributed by atoms with Gasteiger partial charge in [-0.3, -0.25) is 14.5 Å². The lowest BCUT2D eigenvalue weighted by Gasteiger charge is -2.22. The molecule has 1 saturated heterocycles. The molecule has 0 aliphatic carbocycles. The Bertz CT molecular complexity index is 1170. The van der Waals surface area contributed by atoms with Crippen LogP contribution in [-0.4, -0.2) is 38.0 Å². The largest absolute Gasteiger partial charge is 0.325 e. The summed E-state index contributed by atoms with van der Waals surface area (Å²) in [6.07, 6.45) is 0. The number of fused-ring (bicyclic) bond motifs is 1. The van der Waals surface area contributed by atoms with E-state index in [2.05, 4.69) is 19.4 Å². The number of aromatic nitrogens is 2. The Balaban J connectivity index is 1.54. The van der Waals surface area contributed by atoms with Crippen LogP contribution in [-0.2, 0) is 15.1 Å². The van der Waals surface area contributed by atoms with Gasteiger partial charge >= 0.3 is 6.03 Å². The number of imide groups is 1. The smallest absolute Gasteiger partial charge is 0.323 e. The van der Waals surface area contributed by atoms with Crippen LogP contribution in [0, 0.1) is 0 Å². The van der Waals surface area contributed by atoms with E-state index in [0.29, 0.717) is 27.3 Å². The topological polar surface area (TPSA) is 104 Å². The van der Waals surface area contributed by atoms with Crippen LogP contribution in [0.2, 0.25) is 10.0 Å². The van der Waals surface area contributed by atoms with Gasteiger partial charge in [-0.15, -0.1) is 0 Å². The van der Waals surface area contributed by atoms with E-state index in [0.717, 1.165) is 16.6 Å². The number of hydrogen-bond acceptors (Lipinski definition) is 6. The maximum atomic E-state index is 13.0. The van der Waals surface area contributed by atoms with Gasteiger partial charge in [-0.05, 0) is 36.8 Å². The first-order valence-electron chi connectivity index (χ1n) is 8.40. The zero-order chi connectivity index (χ0) is 20.8. The second kappa shape index (κ2) is 7.25. The van der Waals surface area contributed by atoms with E-state index in [1.807, 2.05) is 0 Å². The Morgan fingerprint density at radius 3 is 2.76 bits per heavy atom. The van der Waals surface area contributed by atoms with E-state index in [4.69, 9.17) is 23.2 Å². The third kappa shape index (κ3) is 3.41. The Morgan fingerprint density at radius 1 is 1.21 bits per heavy atom. The van der Waals surface area contributed by atoms with E-state index in [1.54, 1.807) is 37.3 Å². The van der Waals surface area contributed by atoms with Crippen LogP contribution in [0.5, 0.6) is 0 Å². The highest BCUT2D eigenvalue weighted by molar-refractivity contribution is 7.00. The molecule has 2 heterocycles. The summed E-state index contributed by atoms with van der Waals surface area (Å²) in [6.45, 7) is 1.10. The highest BCUT2D eigenvalue weighted by Gasteiger charge is 2.49. The van der Waals surface area contributed by atoms with E-state index in [9.17, 15) is 14.4 Å². The van der Waals surface area contributed by atoms with Gasteiger partial charge in [0.25, 0.3) is 5.91 Å². The van der Waals surface area contributed by atoms with Crippen LogP contribution in [0.25, 0.3) is 11.0 Å². The van der Waals surface area contributed by atoms with Crippen LogP contribution >= 0.6 is 34.9 Å². The lowest BCUT2D eigenvalue weighted by molar-refractivity contribution is -0.133. The molecule has 4 amide bonds. The molecule has 11 heteroatoms. The molecule has 0 bridgehead atoms. The minimum atomic E-state index is -1.36. The minimum absolute atomic E-state index is 0.258. The quantitative estimate of drug-likeness (QED) is 0.593. The molecule has 148 valence electrons. The fourth-order valence-corrected chi connectivity index (χ4v) is 3.93. The van der Waals surface area contributed by atoms with Crippen molar-refractivity contribution in [1.82, 2.24) is 19.0 Å². The SMILES string of the molecule is CC1(c2ccc(Cl)c(Cl)c2)NC(=O)N(CC(=O)Nc2cccc3nsnc23)C1=O. The predicted octanol–water partition coefficient (Wildman–Crippen LogP) is 3.40. The normalized spacial score (nSPS) is 18.9. The molecular weight excluding hydrogens is 437 g/mol. The maximum absolute atomic E-state index is 13.0. The molecule has 1 atom stereocenters. The molecule has 1 fully saturated rings. The van der Waals surface area contributed by atoms with E-state index >= 15 is 0 Å². The van der Waals surface area contributed by atoms with Crippen molar-refractivity contribution in [2.75, 3.05) is 11.9 Å². The van der Waals surface area contributed by atoms with Crippen LogP contribution in [0.15, 0.2) is 36.4 Å². The number of amides is 4. The number of nitrogens with zero attached hydrogens (tertiary/aromatic N) is 3. The molecule has 2 aromatic carbocycles. The molecule has 1 aliphatic rings. The number of hydrogen-bond donors (Lipinski definition) is 2. The van der Waals surface area contributed by atoms with E-state index in [1.165, 1.54) is 6.07 Å². The number of benzene rings is 2. The summed E-state index contributed by atoms with van der Waals surface area (Å²) in [5.41, 5.74) is 0.760. The minimum Gasteiger partial charge on any atom is -0.323 e. The Kier molecular flexibility index (Phi) is 4.89. The van der Waals surface area contributed by atoms with E-state index in [-0.39, 0.29) is 5.02 Å². The third-order valence-electron chi connectivity index (χ3n) is 4.63. The standard InChI is InChI=1S/C18H13Cl2N5O3S/c1-18(9-5-6-10(19)11(20)7-9)16(27)25(17(28)22-18)8-14(26)21-12-3-2-4-13-15(12)24-29-23-13/h2-7H,8H2,1H3,(H,21,26)(H,22,28). The molecule has 1 aliphatic heterocycles. The van der Waals surface area contributed by atoms with Crippen molar-refractivity contribution in [1.29, 1.82) is 0 Å². The summed E-state index contributed by atoms with van der Waals surface area (Å²) in [6, 6.07) is 9.17. The fourth-order valence-electron chi connectivity index (χ4n) is 3.08. The summed E-state index contributed by atoms with van der Waals surface area (Å²) in [5, 5.41) is 5.89. The molecule has 1 aromatic heterocycles. The van der Waals surface area contributed by atoms with Gasteiger partial charge in [0.2, 0.25) is 5.91 Å². The highest BCUT2D eigenvalue weighted by Crippen LogP contribution is 2.33. The lowest BCUT2D eigenvalue weighted by atomic mass is 9.92. The van der Waals surface area contributed by atoms with Crippen LogP contribution in [0.1, 0.15) is 12.5 Å². The number of nitrogens with one attached hydrogen (secondary N) is 2. The Labute approximate surface area is 179 Å². The van der Waals surface area contributed by atoms with Gasteiger partial charge in [-0.1, -0.05) is 35.3 Å². The van der Waals surface area contributed by atoms with Gasteiger partial charge in [0, 0.05) is 0 Å². The second-order valence-corrected chi connectivity index (χ2v) is 7.90. The number of rotatable bonds is 4. The Hall–Kier alpha value is -2.75. The van der Waals surface area contributed by atoms with Crippen LogP contribution in [0.3, 0.4) is 0 Å². The number of urea groups is 1. The first-order valence-corrected chi connectivity index (χ1v) is 9.89. The molecule has 4 rings (SSSR count). The van der Waals surface area contributed by atoms with Gasteiger partial charge in [0.05, 0.1) is 27.5 Å². The van der Waals surface area contributed by atoms with Crippen molar-refractivity contribution in [3.63, 3.8) is 0 Å². The van der Waals surface area contributed by atoms with Gasteiger partial charge < -0.3 is 10.6 Å². The van der Waals surface area contributed by atoms with Gasteiger partial charge in [-0.25, -0.2) is 4.79 Å². The number of carbonyl (C=O) groups excluding carboxylic acids is 3. The van der Waals surface area contributed by atoms with Gasteiger partial charge in [0.1, 0.15) is 23.1 Å². The first-order chi connectivity index (χ1) is 13.8. The molecule has 0 radical (unpaired) electrons. The van der Waals surface area contributed by atoms with Crippen molar-refractivity contribution in [3.8, 4) is 0 Å². The molecular formula is C18H13Cl2N5O3S. The highest BCUT2D eigenvalue weighted by atomic mass is 35.5. The van der Waals surface area contributed by atoms with Crippen molar-refractivity contribution in [2.45, 2.75) is 12.5 Å². The van der Waals surface area contributed by atoms with Crippen molar-refractivity contribution >= 4 is 69.5 Å². The number of anilines is 1. The summed E-state index contributed by atoms with van der Waals surface area (Å²) in [4.78, 5) is 38.7. The summed E-state index contributed by atoms with van der Waals surface area (Å²) in [5.74, 6) is -1.10. The summed E-state index contributed by atoms with van der Waals surface area (Å²) in [7, 11) is 0. The van der Waals surface area contributed by atoms with E-state index < -0.39 is 29.9 Å². The Morgan fingerprint density at radius 2 is 2.00 bits per heavy atom. The average Bonchev–Trinajstić information content (AvgIpc) is 3.24. The zero-order valence-corrected chi connectivity index (χ0v) is 17.2. The monoisotopic (exact) mass is 449 g/mol. The maximum Gasteiger partial charge on any atom is 0.325 e. The molecule has 3 aromatic rings. The van der Waals surface area contributed by atoms with Crippen molar-refractivity contribution < 1.29 is 14.4 Å². The molecule has 8 nitrogen and oxygen atoms in total. The molecule has 1 unspecified atom stereocenters. The zero-order valence-electron chi connectivity index (χ0n) is 14.9. The number of halogens is 2. The third-order valence-corrected chi connectivity index (χ3v) is 5.92. The fraction of sp³-hybridized carbons (Fsp3) is 0.167. The molecule has 0 saturated carbocycles. The van der Waals surface area contributed by atoms with Crippen molar-refractivity contribution in [3.05, 3.63) is 52.0 Å². The second-order valence-electron chi connectivity index (χ2n) is 6.56.